The number of amides is 1. The summed E-state index contributed by atoms with van der Waals surface area (Å²) in [5, 5.41) is 2.67. The number of thiazole rings is 1. The van der Waals surface area contributed by atoms with Crippen molar-refractivity contribution in [2.75, 3.05) is 13.1 Å². The van der Waals surface area contributed by atoms with Crippen LogP contribution in [0.15, 0.2) is 5.38 Å². The van der Waals surface area contributed by atoms with E-state index in [0.29, 0.717) is 12.2 Å². The molecule has 1 aromatic heterocycles. The molecule has 1 saturated heterocycles. The minimum Gasteiger partial charge on any atom is -0.337 e. The third-order valence-corrected chi connectivity index (χ3v) is 4.83. The Morgan fingerprint density at radius 1 is 1.44 bits per heavy atom. The molecule has 1 saturated carbocycles. The van der Waals surface area contributed by atoms with Crippen molar-refractivity contribution < 1.29 is 4.79 Å². The molecule has 2 unspecified atom stereocenters. The molecule has 0 radical (unpaired) electrons. The van der Waals surface area contributed by atoms with Crippen molar-refractivity contribution in [2.24, 2.45) is 17.6 Å². The smallest absolute Gasteiger partial charge is 0.273 e. The van der Waals surface area contributed by atoms with E-state index in [1.807, 2.05) is 10.3 Å². The van der Waals surface area contributed by atoms with Gasteiger partial charge >= 0.3 is 0 Å². The molecule has 2 aliphatic rings. The van der Waals surface area contributed by atoms with E-state index in [0.717, 1.165) is 29.9 Å². The van der Waals surface area contributed by atoms with Gasteiger partial charge in [-0.25, -0.2) is 4.98 Å². The van der Waals surface area contributed by atoms with Gasteiger partial charge in [-0.15, -0.1) is 23.7 Å². The summed E-state index contributed by atoms with van der Waals surface area (Å²) >= 11 is 1.47. The summed E-state index contributed by atoms with van der Waals surface area (Å²) in [6.07, 6.45) is 3.92. The number of hydrogen-bond donors (Lipinski definition) is 1. The molecule has 0 aromatic carbocycles. The van der Waals surface area contributed by atoms with Gasteiger partial charge in [-0.1, -0.05) is 6.42 Å². The quantitative estimate of drug-likeness (QED) is 0.904. The van der Waals surface area contributed by atoms with Crippen LogP contribution in [0.4, 0.5) is 0 Å². The van der Waals surface area contributed by atoms with Gasteiger partial charge in [-0.3, -0.25) is 4.79 Å². The predicted molar refractivity (Wildman–Crippen MR) is 74.0 cm³/mol. The van der Waals surface area contributed by atoms with Crippen molar-refractivity contribution in [2.45, 2.75) is 25.8 Å². The van der Waals surface area contributed by atoms with Gasteiger partial charge < -0.3 is 10.6 Å². The number of hydrogen-bond acceptors (Lipinski definition) is 4. The molecular formula is C12H18ClN3OS. The van der Waals surface area contributed by atoms with Crippen LogP contribution < -0.4 is 5.73 Å². The van der Waals surface area contributed by atoms with Crippen molar-refractivity contribution in [3.8, 4) is 0 Å². The first-order chi connectivity index (χ1) is 8.28. The number of likely N-dealkylation sites (tertiary alicyclic amines) is 1. The first-order valence-corrected chi connectivity index (χ1v) is 7.09. The third kappa shape index (κ3) is 2.39. The van der Waals surface area contributed by atoms with E-state index < -0.39 is 0 Å². The van der Waals surface area contributed by atoms with E-state index in [-0.39, 0.29) is 18.3 Å². The highest BCUT2D eigenvalue weighted by atomic mass is 35.5. The zero-order valence-corrected chi connectivity index (χ0v) is 11.8. The fourth-order valence-electron chi connectivity index (χ4n) is 3.07. The largest absolute Gasteiger partial charge is 0.337 e. The summed E-state index contributed by atoms with van der Waals surface area (Å²) in [7, 11) is 0. The first-order valence-electron chi connectivity index (χ1n) is 6.21. The van der Waals surface area contributed by atoms with Crippen molar-refractivity contribution in [1.29, 1.82) is 0 Å². The molecule has 1 aliphatic heterocycles. The molecule has 1 aliphatic carbocycles. The number of halogens is 1. The molecule has 100 valence electrons. The number of fused-ring (bicyclic) bond motifs is 1. The molecule has 18 heavy (non-hydrogen) atoms. The zero-order valence-electron chi connectivity index (χ0n) is 10.2. The predicted octanol–water partition coefficient (Wildman–Crippen LogP) is 1.90. The highest BCUT2D eigenvalue weighted by molar-refractivity contribution is 7.09. The Morgan fingerprint density at radius 2 is 2.11 bits per heavy atom. The summed E-state index contributed by atoms with van der Waals surface area (Å²) in [5.74, 6) is 1.58. The first kappa shape index (κ1) is 13.8. The van der Waals surface area contributed by atoms with Crippen LogP contribution in [0.1, 0.15) is 34.8 Å². The molecule has 2 heterocycles. The van der Waals surface area contributed by atoms with Crippen molar-refractivity contribution in [1.82, 2.24) is 9.88 Å². The molecule has 0 spiro atoms. The molecule has 2 N–H and O–H groups in total. The van der Waals surface area contributed by atoms with E-state index in [9.17, 15) is 4.79 Å². The van der Waals surface area contributed by atoms with E-state index in [1.165, 1.54) is 30.6 Å². The molecule has 1 aromatic rings. The van der Waals surface area contributed by atoms with Crippen molar-refractivity contribution >= 4 is 29.7 Å². The van der Waals surface area contributed by atoms with Gasteiger partial charge in [0.25, 0.3) is 5.91 Å². The summed E-state index contributed by atoms with van der Waals surface area (Å²) in [6, 6.07) is 0. The van der Waals surface area contributed by atoms with E-state index in [4.69, 9.17) is 5.73 Å². The maximum Gasteiger partial charge on any atom is 0.273 e. The Balaban J connectivity index is 0.00000120. The molecule has 1 amide bonds. The minimum atomic E-state index is 0. The van der Waals surface area contributed by atoms with Gasteiger partial charge in [0.15, 0.2) is 0 Å². The van der Waals surface area contributed by atoms with Crippen LogP contribution in [0.3, 0.4) is 0 Å². The Bertz CT molecular complexity index is 425. The molecule has 4 nitrogen and oxygen atoms in total. The van der Waals surface area contributed by atoms with Crippen LogP contribution in [0.2, 0.25) is 0 Å². The van der Waals surface area contributed by atoms with Gasteiger partial charge in [0, 0.05) is 25.0 Å². The minimum absolute atomic E-state index is 0. The van der Waals surface area contributed by atoms with Crippen molar-refractivity contribution in [3.05, 3.63) is 16.1 Å². The summed E-state index contributed by atoms with van der Waals surface area (Å²) in [6.45, 7) is 2.28. The van der Waals surface area contributed by atoms with E-state index in [1.54, 1.807) is 0 Å². The maximum absolute atomic E-state index is 12.2. The van der Waals surface area contributed by atoms with E-state index >= 15 is 0 Å². The van der Waals surface area contributed by atoms with E-state index in [2.05, 4.69) is 4.98 Å². The Morgan fingerprint density at radius 3 is 2.67 bits per heavy atom. The highest BCUT2D eigenvalue weighted by Crippen LogP contribution is 2.38. The Hall–Kier alpha value is -0.650. The highest BCUT2D eigenvalue weighted by Gasteiger charge is 2.38. The molecule has 0 bridgehead atoms. The molecule has 6 heteroatoms. The normalized spacial score (nSPS) is 25.9. The molecular weight excluding hydrogens is 270 g/mol. The van der Waals surface area contributed by atoms with Crippen LogP contribution in [0, 0.1) is 11.8 Å². The van der Waals surface area contributed by atoms with Crippen LogP contribution in [-0.4, -0.2) is 28.9 Å². The van der Waals surface area contributed by atoms with Gasteiger partial charge in [-0.05, 0) is 24.7 Å². The number of rotatable bonds is 2. The standard InChI is InChI=1S/C12H17N3OS.ClH/c13-4-11-14-10(7-17-11)12(16)15-5-8-2-1-3-9(8)6-15;/h7-9H,1-6,13H2;1H. The SMILES string of the molecule is Cl.NCc1nc(C(=O)N2CC3CCCC3C2)cs1. The van der Waals surface area contributed by atoms with Crippen LogP contribution in [-0.2, 0) is 6.54 Å². The second-order valence-electron chi connectivity index (χ2n) is 4.99. The average molecular weight is 288 g/mol. The lowest BCUT2D eigenvalue weighted by atomic mass is 10.0. The Labute approximate surface area is 117 Å². The van der Waals surface area contributed by atoms with Gasteiger partial charge in [0.2, 0.25) is 0 Å². The number of aromatic nitrogens is 1. The number of carbonyl (C=O) groups is 1. The maximum atomic E-state index is 12.2. The lowest BCUT2D eigenvalue weighted by Crippen LogP contribution is -2.29. The number of nitrogens with two attached hydrogens (primary N) is 1. The van der Waals surface area contributed by atoms with Gasteiger partial charge in [-0.2, -0.15) is 0 Å². The lowest BCUT2D eigenvalue weighted by Gasteiger charge is -2.15. The number of carbonyl (C=O) groups excluding carboxylic acids is 1. The third-order valence-electron chi connectivity index (χ3n) is 3.96. The molecule has 3 rings (SSSR count). The second kappa shape index (κ2) is 5.55. The Kier molecular flexibility index (Phi) is 4.25. The summed E-state index contributed by atoms with van der Waals surface area (Å²) in [5.41, 5.74) is 6.09. The lowest BCUT2D eigenvalue weighted by molar-refractivity contribution is 0.0775. The van der Waals surface area contributed by atoms with Gasteiger partial charge in [0.1, 0.15) is 10.7 Å². The summed E-state index contributed by atoms with van der Waals surface area (Å²) < 4.78 is 0. The van der Waals surface area contributed by atoms with Crippen LogP contribution >= 0.6 is 23.7 Å². The molecule has 2 fully saturated rings. The second-order valence-corrected chi connectivity index (χ2v) is 5.93. The van der Waals surface area contributed by atoms with Crippen LogP contribution in [0.25, 0.3) is 0 Å². The van der Waals surface area contributed by atoms with Crippen LogP contribution in [0.5, 0.6) is 0 Å². The zero-order chi connectivity index (χ0) is 11.8. The fraction of sp³-hybridized carbons (Fsp3) is 0.667. The molecule has 2 atom stereocenters. The van der Waals surface area contributed by atoms with Gasteiger partial charge in [0.05, 0.1) is 0 Å². The topological polar surface area (TPSA) is 59.2 Å². The summed E-state index contributed by atoms with van der Waals surface area (Å²) in [4.78, 5) is 18.5. The van der Waals surface area contributed by atoms with Crippen molar-refractivity contribution in [3.63, 3.8) is 0 Å². The fourth-order valence-corrected chi connectivity index (χ4v) is 3.71. The number of nitrogens with zero attached hydrogens (tertiary/aromatic N) is 2. The average Bonchev–Trinajstić information content (AvgIpc) is 3.02. The monoisotopic (exact) mass is 287 g/mol.